The van der Waals surface area contributed by atoms with Gasteiger partial charge in [0, 0.05) is 50.0 Å². The van der Waals surface area contributed by atoms with E-state index in [1.54, 1.807) is 6.07 Å². The van der Waals surface area contributed by atoms with Crippen molar-refractivity contribution in [1.29, 1.82) is 0 Å². The monoisotopic (exact) mass is 616 g/mol. The fraction of sp³-hybridized carbons (Fsp3) is 0.333. The number of fused-ring (bicyclic) bond motifs is 2. The van der Waals surface area contributed by atoms with Crippen LogP contribution in [0.2, 0.25) is 0 Å². The van der Waals surface area contributed by atoms with E-state index in [0.29, 0.717) is 0 Å². The Hall–Kier alpha value is -2.69. The molecule has 0 saturated carbocycles. The second kappa shape index (κ2) is 17.1. The van der Waals surface area contributed by atoms with Crippen molar-refractivity contribution in [3.05, 3.63) is 101 Å². The van der Waals surface area contributed by atoms with E-state index in [-0.39, 0.29) is 35.1 Å². The lowest BCUT2D eigenvalue weighted by Crippen LogP contribution is -3.00. The molecule has 5 rings (SSSR count). The second-order valence-corrected chi connectivity index (χ2v) is 10.5. The summed E-state index contributed by atoms with van der Waals surface area (Å²) in [5.74, 6) is 0. The van der Waals surface area contributed by atoms with Crippen molar-refractivity contribution in [2.24, 2.45) is 0 Å². The average Bonchev–Trinajstić information content (AvgIpc) is 2.95. The summed E-state index contributed by atoms with van der Waals surface area (Å²) in [5, 5.41) is 17.5. The number of benzene rings is 3. The van der Waals surface area contributed by atoms with Crippen molar-refractivity contribution in [2.45, 2.75) is 30.6 Å². The Morgan fingerprint density at radius 2 is 1.08 bits per heavy atom. The van der Waals surface area contributed by atoms with Gasteiger partial charge in [0.1, 0.15) is 36.3 Å². The van der Waals surface area contributed by atoms with Gasteiger partial charge in [-0.15, -0.1) is 0 Å². The molecule has 3 aromatic carbocycles. The minimum atomic E-state index is -4.25. The van der Waals surface area contributed by atoms with Crippen molar-refractivity contribution in [1.82, 2.24) is 0 Å². The third-order valence-corrected chi connectivity index (χ3v) is 7.18. The van der Waals surface area contributed by atoms with Crippen molar-refractivity contribution in [3.63, 3.8) is 0 Å². The Morgan fingerprint density at radius 1 is 0.667 bits per heavy atom. The Morgan fingerprint density at radius 3 is 1.46 bits per heavy atom. The van der Waals surface area contributed by atoms with Gasteiger partial charge < -0.3 is 31.7 Å². The van der Waals surface area contributed by atoms with Gasteiger partial charge in [-0.2, -0.15) is 0 Å². The minimum absolute atomic E-state index is 0. The lowest BCUT2D eigenvalue weighted by atomic mass is 10.0. The molecule has 0 saturated heterocycles. The summed E-state index contributed by atoms with van der Waals surface area (Å²) < 4.78 is 35.4. The highest BCUT2D eigenvalue weighted by molar-refractivity contribution is 7.85. The van der Waals surface area contributed by atoms with Crippen LogP contribution >= 0.6 is 0 Å². The smallest absolute Gasteiger partial charge is 0.170 e. The van der Waals surface area contributed by atoms with Gasteiger partial charge in [0.2, 0.25) is 0 Å². The van der Waals surface area contributed by atoms with Crippen LogP contribution in [-0.2, 0) is 23.0 Å². The van der Waals surface area contributed by atoms with Crippen LogP contribution in [0.4, 0.5) is 0 Å². The second-order valence-electron chi connectivity index (χ2n) is 9.15. The Kier molecular flexibility index (Phi) is 14.3. The number of nitrogens with zero attached hydrogens (tertiary/aromatic N) is 2. The zero-order chi connectivity index (χ0) is 27.2. The number of aliphatic hydroxyl groups is 2. The van der Waals surface area contributed by atoms with E-state index in [4.69, 9.17) is 10.2 Å². The highest BCUT2D eigenvalue weighted by atomic mass is 79.9. The molecule has 7 nitrogen and oxygen atoms in total. The summed E-state index contributed by atoms with van der Waals surface area (Å²) in [6.45, 7) is 4.65. The molecule has 210 valence electrons. The molecule has 0 radical (unpaired) electrons. The molecule has 0 spiro atoms. The van der Waals surface area contributed by atoms with E-state index in [1.165, 1.54) is 46.5 Å². The highest BCUT2D eigenvalue weighted by Crippen LogP contribution is 2.12. The topological polar surface area (TPSA) is 104 Å². The fourth-order valence-electron chi connectivity index (χ4n) is 4.31. The van der Waals surface area contributed by atoms with Gasteiger partial charge in [0.25, 0.3) is 0 Å². The third kappa shape index (κ3) is 11.1. The van der Waals surface area contributed by atoms with Gasteiger partial charge in [-0.25, -0.2) is 17.6 Å². The lowest BCUT2D eigenvalue weighted by molar-refractivity contribution is -0.524. The van der Waals surface area contributed by atoms with Gasteiger partial charge in [-0.05, 0) is 35.4 Å². The first-order valence-electron chi connectivity index (χ1n) is 13.0. The molecule has 2 aliphatic rings. The number of hydrogen-bond donors (Lipinski definition) is 2. The first-order chi connectivity index (χ1) is 18.4. The largest absolute Gasteiger partial charge is 1.00 e. The molecule has 2 aliphatic heterocycles. The summed E-state index contributed by atoms with van der Waals surface area (Å²) in [4.78, 5) is -0.185. The van der Waals surface area contributed by atoms with Crippen molar-refractivity contribution < 1.29 is 49.3 Å². The SMILES string of the molecule is O=S(=O)([O-])c1ccccc1.OCCC[N+]1=Cc2ccccc2CC1.OCCC[N+]1=Cc2ccccc2CC1.[Br-]. The summed E-state index contributed by atoms with van der Waals surface area (Å²) in [5.41, 5.74) is 5.54. The van der Waals surface area contributed by atoms with Crippen molar-refractivity contribution in [2.75, 3.05) is 39.4 Å². The molecule has 2 heterocycles. The van der Waals surface area contributed by atoms with E-state index in [2.05, 4.69) is 70.1 Å². The maximum Gasteiger partial charge on any atom is 0.170 e. The summed E-state index contributed by atoms with van der Waals surface area (Å²) in [7, 11) is -4.25. The van der Waals surface area contributed by atoms with E-state index in [9.17, 15) is 13.0 Å². The maximum absolute atomic E-state index is 10.3. The number of rotatable bonds is 7. The van der Waals surface area contributed by atoms with Crippen LogP contribution in [0.1, 0.15) is 35.1 Å². The average molecular weight is 618 g/mol. The Labute approximate surface area is 242 Å². The number of aliphatic hydroxyl groups excluding tert-OH is 2. The molecular weight excluding hydrogens is 580 g/mol. The first kappa shape index (κ1) is 32.5. The summed E-state index contributed by atoms with van der Waals surface area (Å²) in [6.07, 6.45) is 8.37. The molecule has 0 aromatic heterocycles. The quantitative estimate of drug-likeness (QED) is 0.280. The van der Waals surface area contributed by atoms with Crippen LogP contribution in [0.15, 0.2) is 83.8 Å². The lowest BCUT2D eigenvalue weighted by Gasteiger charge is -2.11. The van der Waals surface area contributed by atoms with E-state index >= 15 is 0 Å². The summed E-state index contributed by atoms with van der Waals surface area (Å²) in [6, 6.07) is 24.2. The van der Waals surface area contributed by atoms with E-state index < -0.39 is 10.1 Å². The van der Waals surface area contributed by atoms with Crippen LogP contribution in [0.5, 0.6) is 0 Å². The van der Waals surface area contributed by atoms with Crippen molar-refractivity contribution in [3.8, 4) is 0 Å². The standard InChI is InChI=1S/2C12H16NO.C6H6O3S.BrH/c2*14-9-3-7-13-8-6-11-4-1-2-5-12(11)10-13;7-10(8,9)6-4-2-1-3-5-6;/h2*1-2,4-5,10,14H,3,6-9H2;1-5H,(H,7,8,9);1H/q2*+1;;/p-2. The highest BCUT2D eigenvalue weighted by Gasteiger charge is 2.15. The Bertz CT molecular complexity index is 1260. The number of halogens is 1. The molecule has 0 unspecified atom stereocenters. The van der Waals surface area contributed by atoms with Crippen LogP contribution in [0, 0.1) is 0 Å². The maximum atomic E-state index is 10.3. The van der Waals surface area contributed by atoms with Crippen LogP contribution < -0.4 is 17.0 Å². The summed E-state index contributed by atoms with van der Waals surface area (Å²) >= 11 is 0. The molecule has 0 bridgehead atoms. The van der Waals surface area contributed by atoms with Crippen LogP contribution in [0.3, 0.4) is 0 Å². The zero-order valence-electron chi connectivity index (χ0n) is 22.0. The molecule has 3 aromatic rings. The van der Waals surface area contributed by atoms with Gasteiger partial charge >= 0.3 is 0 Å². The molecule has 0 aliphatic carbocycles. The molecule has 0 fully saturated rings. The van der Waals surface area contributed by atoms with Gasteiger partial charge in [0.15, 0.2) is 12.4 Å². The van der Waals surface area contributed by atoms with Gasteiger partial charge in [-0.3, -0.25) is 0 Å². The predicted molar refractivity (Wildman–Crippen MR) is 148 cm³/mol. The molecule has 0 atom stereocenters. The predicted octanol–water partition coefficient (Wildman–Crippen LogP) is -0.292. The normalized spacial score (nSPS) is 13.5. The molecule has 2 N–H and O–H groups in total. The molecule has 9 heteroatoms. The van der Waals surface area contributed by atoms with Crippen molar-refractivity contribution >= 4 is 22.5 Å². The van der Waals surface area contributed by atoms with E-state index in [0.717, 1.165) is 51.9 Å². The third-order valence-electron chi connectivity index (χ3n) is 6.33. The first-order valence-corrected chi connectivity index (χ1v) is 14.4. The molecular formula is C30H37BrN2O5S. The van der Waals surface area contributed by atoms with E-state index in [1.807, 2.05) is 0 Å². The van der Waals surface area contributed by atoms with Crippen LogP contribution in [0.25, 0.3) is 0 Å². The Balaban J connectivity index is 0.000000206. The van der Waals surface area contributed by atoms with Gasteiger partial charge in [-0.1, -0.05) is 54.6 Å². The molecule has 0 amide bonds. The minimum Gasteiger partial charge on any atom is -1.00 e. The fourth-order valence-corrected chi connectivity index (χ4v) is 4.80. The number of hydrogen-bond acceptors (Lipinski definition) is 5. The molecule has 39 heavy (non-hydrogen) atoms. The zero-order valence-corrected chi connectivity index (χ0v) is 24.4. The van der Waals surface area contributed by atoms with Gasteiger partial charge in [0.05, 0.1) is 4.90 Å². The van der Waals surface area contributed by atoms with Crippen LogP contribution in [-0.4, -0.2) is 84.2 Å².